The van der Waals surface area contributed by atoms with Gasteiger partial charge in [0.05, 0.1) is 0 Å². The van der Waals surface area contributed by atoms with Gasteiger partial charge < -0.3 is 9.84 Å². The molecule has 1 heterocycles. The number of rotatable bonds is 7. The molecule has 1 atom stereocenters. The molecule has 28 heavy (non-hydrogen) atoms. The van der Waals surface area contributed by atoms with Gasteiger partial charge in [0.15, 0.2) is 17.4 Å². The van der Waals surface area contributed by atoms with Gasteiger partial charge in [-0.15, -0.1) is 0 Å². The zero-order chi connectivity index (χ0) is 20.1. The zero-order valence-electron chi connectivity index (χ0n) is 15.3. The zero-order valence-corrected chi connectivity index (χ0v) is 17.6. The van der Waals surface area contributed by atoms with Crippen molar-refractivity contribution in [2.45, 2.75) is 12.6 Å². The molecule has 3 rings (SSSR count). The molecular weight excluding hydrogens is 454 g/mol. The summed E-state index contributed by atoms with van der Waals surface area (Å²) in [6, 6.07) is 10.1. The number of piperazine rings is 1. The Morgan fingerprint density at radius 3 is 2.21 bits per heavy atom. The van der Waals surface area contributed by atoms with Gasteiger partial charge in [-0.3, -0.25) is 9.80 Å². The van der Waals surface area contributed by atoms with E-state index < -0.39 is 23.5 Å². The van der Waals surface area contributed by atoms with Gasteiger partial charge >= 0.3 is 0 Å². The van der Waals surface area contributed by atoms with Crippen molar-refractivity contribution < 1.29 is 18.6 Å². The second kappa shape index (κ2) is 9.98. The average molecular weight is 476 g/mol. The van der Waals surface area contributed by atoms with Gasteiger partial charge in [-0.1, -0.05) is 39.7 Å². The third-order valence-electron chi connectivity index (χ3n) is 4.64. The van der Waals surface area contributed by atoms with Gasteiger partial charge in [0.25, 0.3) is 0 Å². The Morgan fingerprint density at radius 2 is 1.61 bits per heavy atom. The smallest absolute Gasteiger partial charge is 0.190 e. The highest BCUT2D eigenvalue weighted by molar-refractivity contribution is 9.10. The van der Waals surface area contributed by atoms with Crippen molar-refractivity contribution in [3.05, 3.63) is 63.1 Å². The van der Waals surface area contributed by atoms with Crippen LogP contribution in [0.15, 0.2) is 40.9 Å². The number of halogens is 4. The van der Waals surface area contributed by atoms with Crippen molar-refractivity contribution in [1.82, 2.24) is 9.80 Å². The van der Waals surface area contributed by atoms with Crippen LogP contribution in [0.3, 0.4) is 0 Å². The summed E-state index contributed by atoms with van der Waals surface area (Å²) in [6.07, 6.45) is -0.828. The summed E-state index contributed by atoms with van der Waals surface area (Å²) < 4.78 is 33.0. The predicted octanol–water partition coefficient (Wildman–Crippen LogP) is 3.94. The summed E-state index contributed by atoms with van der Waals surface area (Å²) in [7, 11) is 0. The summed E-state index contributed by atoms with van der Waals surface area (Å²) in [6.45, 7) is 4.48. The lowest BCUT2D eigenvalue weighted by Crippen LogP contribution is -2.48. The fourth-order valence-corrected chi connectivity index (χ4v) is 3.70. The number of aliphatic hydroxyl groups is 1. The second-order valence-electron chi connectivity index (χ2n) is 6.87. The molecule has 0 spiro atoms. The number of nitrogens with zero attached hydrogens (tertiary/aromatic N) is 2. The van der Waals surface area contributed by atoms with Gasteiger partial charge in [-0.05, 0) is 29.8 Å². The molecule has 0 aromatic heterocycles. The highest BCUT2D eigenvalue weighted by Gasteiger charge is 2.20. The van der Waals surface area contributed by atoms with Crippen molar-refractivity contribution in [2.75, 3.05) is 39.3 Å². The molecule has 1 saturated heterocycles. The average Bonchev–Trinajstić information content (AvgIpc) is 2.64. The molecule has 1 N–H and O–H groups in total. The predicted molar refractivity (Wildman–Crippen MR) is 109 cm³/mol. The van der Waals surface area contributed by atoms with Crippen LogP contribution in [0, 0.1) is 11.6 Å². The lowest BCUT2D eigenvalue weighted by molar-refractivity contribution is 0.0428. The van der Waals surface area contributed by atoms with Crippen LogP contribution in [0.4, 0.5) is 8.78 Å². The molecule has 1 aliphatic rings. The maximum atomic E-state index is 13.8. The van der Waals surface area contributed by atoms with E-state index in [1.807, 2.05) is 24.3 Å². The largest absolute Gasteiger partial charge is 0.485 e. The quantitative estimate of drug-likeness (QED) is 0.658. The standard InChI is InChI=1S/C20H22BrClF2N2O2/c21-15-9-18(23)20(19(24)10-15)28-13-17(27)12-26-7-5-25(6-8-26)11-14-1-3-16(22)4-2-14/h1-4,9-10,17,27H,5-8,11-13H2/t17-/m1/s1. The Balaban J connectivity index is 1.41. The van der Waals surface area contributed by atoms with Crippen LogP contribution in [-0.2, 0) is 6.54 Å². The Kier molecular flexibility index (Phi) is 7.65. The number of hydrogen-bond acceptors (Lipinski definition) is 4. The first kappa shape index (κ1) is 21.5. The van der Waals surface area contributed by atoms with Crippen LogP contribution < -0.4 is 4.74 Å². The number of hydrogen-bond donors (Lipinski definition) is 1. The van der Waals surface area contributed by atoms with Crippen molar-refractivity contribution in [3.63, 3.8) is 0 Å². The van der Waals surface area contributed by atoms with Crippen LogP contribution >= 0.6 is 27.5 Å². The minimum Gasteiger partial charge on any atom is -0.485 e. The van der Waals surface area contributed by atoms with E-state index in [4.69, 9.17) is 16.3 Å². The van der Waals surface area contributed by atoms with E-state index in [0.717, 1.165) is 49.9 Å². The Morgan fingerprint density at radius 1 is 1.04 bits per heavy atom. The first-order valence-corrected chi connectivity index (χ1v) is 10.2. The van der Waals surface area contributed by atoms with Crippen molar-refractivity contribution >= 4 is 27.5 Å². The highest BCUT2D eigenvalue weighted by Crippen LogP contribution is 2.26. The molecule has 0 radical (unpaired) electrons. The summed E-state index contributed by atoms with van der Waals surface area (Å²) in [5.41, 5.74) is 1.21. The lowest BCUT2D eigenvalue weighted by Gasteiger charge is -2.35. The molecular formula is C20H22BrClF2N2O2. The van der Waals surface area contributed by atoms with Crippen LogP contribution in [0.25, 0.3) is 0 Å². The summed E-state index contributed by atoms with van der Waals surface area (Å²) in [5, 5.41) is 10.9. The molecule has 0 bridgehead atoms. The summed E-state index contributed by atoms with van der Waals surface area (Å²) in [5.74, 6) is -2.06. The van der Waals surface area contributed by atoms with E-state index in [9.17, 15) is 13.9 Å². The van der Waals surface area contributed by atoms with E-state index >= 15 is 0 Å². The molecule has 0 amide bonds. The molecule has 152 valence electrons. The van der Waals surface area contributed by atoms with Gasteiger partial charge in [-0.2, -0.15) is 0 Å². The topological polar surface area (TPSA) is 35.9 Å². The van der Waals surface area contributed by atoms with Gasteiger partial charge in [0.1, 0.15) is 12.7 Å². The fraction of sp³-hybridized carbons (Fsp3) is 0.400. The third-order valence-corrected chi connectivity index (χ3v) is 5.35. The van der Waals surface area contributed by atoms with E-state index in [1.54, 1.807) is 0 Å². The van der Waals surface area contributed by atoms with Crippen LogP contribution in [-0.4, -0.2) is 60.3 Å². The van der Waals surface area contributed by atoms with Gasteiger partial charge in [-0.25, -0.2) is 8.78 Å². The van der Waals surface area contributed by atoms with Crippen LogP contribution in [0.5, 0.6) is 5.75 Å². The monoisotopic (exact) mass is 474 g/mol. The molecule has 0 aliphatic carbocycles. The molecule has 1 fully saturated rings. The van der Waals surface area contributed by atoms with Crippen molar-refractivity contribution in [2.24, 2.45) is 0 Å². The normalized spacial score (nSPS) is 16.9. The molecule has 4 nitrogen and oxygen atoms in total. The van der Waals surface area contributed by atoms with Gasteiger partial charge in [0.2, 0.25) is 0 Å². The Bertz CT molecular complexity index is 763. The van der Waals surface area contributed by atoms with Gasteiger partial charge in [0, 0.05) is 48.8 Å². The van der Waals surface area contributed by atoms with E-state index in [1.165, 1.54) is 5.56 Å². The van der Waals surface area contributed by atoms with Crippen LogP contribution in [0.1, 0.15) is 5.56 Å². The van der Waals surface area contributed by atoms with E-state index in [-0.39, 0.29) is 6.61 Å². The third kappa shape index (κ3) is 6.12. The maximum absolute atomic E-state index is 13.8. The molecule has 0 saturated carbocycles. The first-order chi connectivity index (χ1) is 13.4. The lowest BCUT2D eigenvalue weighted by atomic mass is 10.2. The minimum atomic E-state index is -0.828. The molecule has 1 aliphatic heterocycles. The van der Waals surface area contributed by atoms with E-state index in [0.29, 0.717) is 11.0 Å². The maximum Gasteiger partial charge on any atom is 0.190 e. The highest BCUT2D eigenvalue weighted by atomic mass is 79.9. The first-order valence-electron chi connectivity index (χ1n) is 9.05. The van der Waals surface area contributed by atoms with E-state index in [2.05, 4.69) is 25.7 Å². The molecule has 0 unspecified atom stereocenters. The van der Waals surface area contributed by atoms with Crippen molar-refractivity contribution in [1.29, 1.82) is 0 Å². The Hall–Kier alpha value is -1.25. The van der Waals surface area contributed by atoms with Crippen molar-refractivity contribution in [3.8, 4) is 5.75 Å². The fourth-order valence-electron chi connectivity index (χ4n) is 3.18. The summed E-state index contributed by atoms with van der Waals surface area (Å²) in [4.78, 5) is 4.47. The SMILES string of the molecule is O[C@@H](COc1c(F)cc(Br)cc1F)CN1CCN(Cc2ccc(Cl)cc2)CC1. The molecule has 2 aromatic carbocycles. The van der Waals surface area contributed by atoms with Crippen LogP contribution in [0.2, 0.25) is 5.02 Å². The number of aliphatic hydroxyl groups excluding tert-OH is 1. The number of β-amino-alcohol motifs (C(OH)–C–C–N with tert-alkyl or cyclic N) is 1. The summed E-state index contributed by atoms with van der Waals surface area (Å²) >= 11 is 8.93. The Labute approximate surface area is 176 Å². The number of benzene rings is 2. The molecule has 2 aromatic rings. The molecule has 8 heteroatoms. The number of ether oxygens (including phenoxy) is 1. The minimum absolute atomic E-state index is 0.166. The second-order valence-corrected chi connectivity index (χ2v) is 8.22.